The molecule has 0 fully saturated rings. The van der Waals surface area contributed by atoms with Crippen molar-refractivity contribution in [1.82, 2.24) is 14.8 Å². The van der Waals surface area contributed by atoms with Gasteiger partial charge in [-0.1, -0.05) is 18.2 Å². The van der Waals surface area contributed by atoms with Gasteiger partial charge in [-0.25, -0.2) is 4.98 Å². The van der Waals surface area contributed by atoms with Gasteiger partial charge in [-0.3, -0.25) is 9.07 Å². The molecule has 2 heterocycles. The smallest absolute Gasteiger partial charge is 0.416 e. The highest BCUT2D eigenvalue weighted by atomic mass is 19.4. The van der Waals surface area contributed by atoms with Gasteiger partial charge in [0.05, 0.1) is 23.8 Å². The van der Waals surface area contributed by atoms with Gasteiger partial charge in [-0.05, 0) is 41.0 Å². The molecule has 0 spiro atoms. The molecule has 4 aromatic rings. The van der Waals surface area contributed by atoms with Gasteiger partial charge >= 0.3 is 6.18 Å². The van der Waals surface area contributed by atoms with Gasteiger partial charge in [0.15, 0.2) is 5.65 Å². The molecule has 1 radical (unpaired) electrons. The molecule has 0 amide bonds. The Labute approximate surface area is 169 Å². The summed E-state index contributed by atoms with van der Waals surface area (Å²) in [7, 11) is 1.77. The van der Waals surface area contributed by atoms with Gasteiger partial charge in [0.25, 0.3) is 0 Å². The maximum absolute atomic E-state index is 13.3. The molecule has 0 bridgehead atoms. The molecule has 0 aliphatic heterocycles. The lowest BCUT2D eigenvalue weighted by molar-refractivity contribution is -0.138. The molecule has 0 saturated carbocycles. The van der Waals surface area contributed by atoms with Crippen LogP contribution in [0.5, 0.6) is 11.5 Å². The molecule has 30 heavy (non-hydrogen) atoms. The molecule has 4 nitrogen and oxygen atoms in total. The van der Waals surface area contributed by atoms with Crippen molar-refractivity contribution in [2.24, 2.45) is 7.05 Å². The van der Waals surface area contributed by atoms with E-state index in [-0.39, 0.29) is 12.0 Å². The lowest BCUT2D eigenvalue weighted by Gasteiger charge is -2.14. The number of benzene rings is 2. The van der Waals surface area contributed by atoms with Crippen molar-refractivity contribution in [2.45, 2.75) is 12.6 Å². The maximum atomic E-state index is 13.3. The Morgan fingerprint density at radius 3 is 2.60 bits per heavy atom. The zero-order valence-electron chi connectivity index (χ0n) is 15.9. The Balaban J connectivity index is 1.62. The van der Waals surface area contributed by atoms with Crippen LogP contribution < -0.4 is 4.74 Å². The zero-order chi connectivity index (χ0) is 21.3. The summed E-state index contributed by atoms with van der Waals surface area (Å²) >= 11 is 0. The van der Waals surface area contributed by atoms with Crippen molar-refractivity contribution in [1.29, 1.82) is 0 Å². The van der Waals surface area contributed by atoms with Crippen LogP contribution in [0.2, 0.25) is 0 Å². The summed E-state index contributed by atoms with van der Waals surface area (Å²) in [5, 5.41) is 4.88. The molecule has 0 atom stereocenters. The standard InChI is InChI=1S/C22H16F4N3O/c1-29-21-18(13-28-29)20(9-11-27-21)30-17-6-4-14(5-7-17)16-3-2-15(8-10-23)19(12-16)22(24,25)26/h2-6,9,11-13H,8,10H2,1H3. The van der Waals surface area contributed by atoms with Crippen LogP contribution in [0.1, 0.15) is 11.1 Å². The number of rotatable bonds is 5. The highest BCUT2D eigenvalue weighted by Gasteiger charge is 2.33. The number of pyridine rings is 1. The fourth-order valence-corrected chi connectivity index (χ4v) is 3.22. The minimum Gasteiger partial charge on any atom is -0.456 e. The van der Waals surface area contributed by atoms with Gasteiger partial charge < -0.3 is 4.74 Å². The van der Waals surface area contributed by atoms with E-state index in [1.54, 1.807) is 54.5 Å². The quantitative estimate of drug-likeness (QED) is 0.390. The fraction of sp³-hybridized carbons (Fsp3) is 0.182. The Kier molecular flexibility index (Phi) is 5.15. The van der Waals surface area contributed by atoms with Crippen LogP contribution in [0.15, 0.2) is 54.9 Å². The lowest BCUT2D eigenvalue weighted by atomic mass is 9.97. The highest BCUT2D eigenvalue weighted by molar-refractivity contribution is 5.81. The van der Waals surface area contributed by atoms with E-state index in [1.165, 1.54) is 6.07 Å². The summed E-state index contributed by atoms with van der Waals surface area (Å²) < 4.78 is 60.1. The molecule has 0 saturated heterocycles. The number of fused-ring (bicyclic) bond motifs is 1. The molecule has 2 aromatic heterocycles. The molecule has 8 heteroatoms. The average Bonchev–Trinajstić information content (AvgIpc) is 3.10. The van der Waals surface area contributed by atoms with Gasteiger partial charge in [0.1, 0.15) is 11.5 Å². The van der Waals surface area contributed by atoms with Crippen molar-refractivity contribution in [3.63, 3.8) is 0 Å². The second-order valence-electron chi connectivity index (χ2n) is 6.67. The van der Waals surface area contributed by atoms with E-state index in [0.717, 1.165) is 11.5 Å². The number of aryl methyl sites for hydroxylation is 2. The number of hydrogen-bond donors (Lipinski definition) is 0. The fourth-order valence-electron chi connectivity index (χ4n) is 3.22. The van der Waals surface area contributed by atoms with Gasteiger partial charge in [-0.2, -0.15) is 18.3 Å². The van der Waals surface area contributed by atoms with Crippen LogP contribution >= 0.6 is 0 Å². The predicted octanol–water partition coefficient (Wildman–Crippen LogP) is 5.76. The normalized spacial score (nSPS) is 11.8. The van der Waals surface area contributed by atoms with E-state index >= 15 is 0 Å². The van der Waals surface area contributed by atoms with Crippen LogP contribution in [0.25, 0.3) is 22.2 Å². The highest BCUT2D eigenvalue weighted by Crippen LogP contribution is 2.36. The summed E-state index contributed by atoms with van der Waals surface area (Å²) in [6.45, 7) is -0.846. The number of alkyl halides is 4. The third-order valence-electron chi connectivity index (χ3n) is 4.71. The molecular formula is C22H16F4N3O. The van der Waals surface area contributed by atoms with Crippen molar-refractivity contribution in [2.75, 3.05) is 6.67 Å². The SMILES string of the molecule is Cn1ncc2c(Oc3[c]cc(-c4ccc(CCF)c(C(F)(F)F)c4)cc3)ccnc21. The van der Waals surface area contributed by atoms with Crippen LogP contribution in [-0.4, -0.2) is 21.4 Å². The summed E-state index contributed by atoms with van der Waals surface area (Å²) in [5.74, 6) is 0.951. The molecule has 0 unspecified atom stereocenters. The minimum absolute atomic E-state index is 0.0594. The Bertz CT molecular complexity index is 1180. The first kappa shape index (κ1) is 19.9. The molecule has 2 aromatic carbocycles. The van der Waals surface area contributed by atoms with Crippen LogP contribution in [-0.2, 0) is 19.6 Å². The number of nitrogens with zero attached hydrogens (tertiary/aromatic N) is 3. The van der Waals surface area contributed by atoms with Crippen molar-refractivity contribution >= 4 is 11.0 Å². The molecule has 0 aliphatic carbocycles. The minimum atomic E-state index is -4.55. The number of ether oxygens (including phenoxy) is 1. The van der Waals surface area contributed by atoms with Crippen LogP contribution in [0, 0.1) is 6.07 Å². The average molecular weight is 414 g/mol. The molecule has 153 valence electrons. The summed E-state index contributed by atoms with van der Waals surface area (Å²) in [4.78, 5) is 4.24. The first-order valence-corrected chi connectivity index (χ1v) is 9.09. The second kappa shape index (κ2) is 7.78. The monoisotopic (exact) mass is 414 g/mol. The second-order valence-corrected chi connectivity index (χ2v) is 6.67. The molecule has 0 aliphatic rings. The molecule has 0 N–H and O–H groups in total. The van der Waals surface area contributed by atoms with Gasteiger partial charge in [0.2, 0.25) is 0 Å². The van der Waals surface area contributed by atoms with Crippen LogP contribution in [0.4, 0.5) is 17.6 Å². The van der Waals surface area contributed by atoms with Gasteiger partial charge in [-0.15, -0.1) is 0 Å². The maximum Gasteiger partial charge on any atom is 0.416 e. The van der Waals surface area contributed by atoms with Crippen molar-refractivity contribution < 1.29 is 22.3 Å². The van der Waals surface area contributed by atoms with Crippen molar-refractivity contribution in [3.05, 3.63) is 72.1 Å². The molecule has 4 rings (SSSR count). The van der Waals surface area contributed by atoms with E-state index in [0.29, 0.717) is 28.3 Å². The topological polar surface area (TPSA) is 39.9 Å². The zero-order valence-corrected chi connectivity index (χ0v) is 15.9. The first-order chi connectivity index (χ1) is 14.4. The van der Waals surface area contributed by atoms with E-state index in [2.05, 4.69) is 16.1 Å². The Morgan fingerprint density at radius 1 is 1.10 bits per heavy atom. The van der Waals surface area contributed by atoms with Crippen LogP contribution in [0.3, 0.4) is 0 Å². The third kappa shape index (κ3) is 3.85. The number of aromatic nitrogens is 3. The van der Waals surface area contributed by atoms with E-state index < -0.39 is 18.4 Å². The molecular weight excluding hydrogens is 398 g/mol. The largest absolute Gasteiger partial charge is 0.456 e. The van der Waals surface area contributed by atoms with E-state index in [1.807, 2.05) is 0 Å². The van der Waals surface area contributed by atoms with Crippen molar-refractivity contribution in [3.8, 4) is 22.6 Å². The summed E-state index contributed by atoms with van der Waals surface area (Å²) in [5.41, 5.74) is 0.689. The number of hydrogen-bond acceptors (Lipinski definition) is 3. The third-order valence-corrected chi connectivity index (χ3v) is 4.71. The first-order valence-electron chi connectivity index (χ1n) is 9.09. The number of halogens is 4. The Morgan fingerprint density at radius 2 is 1.90 bits per heavy atom. The van der Waals surface area contributed by atoms with E-state index in [9.17, 15) is 17.6 Å². The predicted molar refractivity (Wildman–Crippen MR) is 104 cm³/mol. The lowest BCUT2D eigenvalue weighted by Crippen LogP contribution is -2.10. The van der Waals surface area contributed by atoms with Gasteiger partial charge in [0, 0.05) is 25.7 Å². The summed E-state index contributed by atoms with van der Waals surface area (Å²) in [6, 6.07) is 13.4. The summed E-state index contributed by atoms with van der Waals surface area (Å²) in [6.07, 6.45) is -1.58. The van der Waals surface area contributed by atoms with E-state index in [4.69, 9.17) is 4.74 Å². The Hall–Kier alpha value is -3.42.